The van der Waals surface area contributed by atoms with Gasteiger partial charge in [-0.05, 0) is 36.2 Å². The number of phenolic OH excluding ortho intramolecular Hbond substituents is 1. The third kappa shape index (κ3) is 3.74. The van der Waals surface area contributed by atoms with Gasteiger partial charge in [0.15, 0.2) is 5.58 Å². The number of oxazole rings is 1. The Morgan fingerprint density at radius 1 is 1.04 bits per heavy atom. The van der Waals surface area contributed by atoms with Crippen molar-refractivity contribution in [1.82, 2.24) is 15.0 Å². The molecule has 0 saturated carbocycles. The molecule has 4 aromatic rings. The fourth-order valence-electron chi connectivity index (χ4n) is 2.78. The Balaban J connectivity index is 1.53. The molecule has 0 saturated heterocycles. The van der Waals surface area contributed by atoms with Gasteiger partial charge in [0, 0.05) is 18.2 Å². The molecule has 4 N–H and O–H groups in total. The first-order valence-corrected chi connectivity index (χ1v) is 8.30. The number of nitrogens with one attached hydrogen (secondary N) is 2. The maximum absolute atomic E-state index is 11.3. The topological polar surface area (TPSA) is 124 Å². The lowest BCUT2D eigenvalue weighted by Crippen LogP contribution is -2.07. The van der Waals surface area contributed by atoms with Crippen LogP contribution in [-0.2, 0) is 6.42 Å². The number of fused-ring (bicyclic) bond motifs is 1. The summed E-state index contributed by atoms with van der Waals surface area (Å²) in [4.78, 5) is 21.9. The molecular formula is C19H16N4O4. The van der Waals surface area contributed by atoms with Crippen LogP contribution in [0.2, 0.25) is 0 Å². The number of H-pyrrole nitrogens is 1. The number of rotatable bonds is 5. The highest BCUT2D eigenvalue weighted by Gasteiger charge is 2.09. The Bertz CT molecular complexity index is 1150. The summed E-state index contributed by atoms with van der Waals surface area (Å²) < 4.78 is 5.06. The molecule has 0 amide bonds. The summed E-state index contributed by atoms with van der Waals surface area (Å²) in [6.07, 6.45) is 0.723. The lowest BCUT2D eigenvalue weighted by molar-refractivity contribution is 0.432. The average Bonchev–Trinajstić information content (AvgIpc) is 3.02. The van der Waals surface area contributed by atoms with Crippen molar-refractivity contribution in [2.75, 3.05) is 11.9 Å². The van der Waals surface area contributed by atoms with Crippen LogP contribution in [0.3, 0.4) is 0 Å². The Kier molecular flexibility index (Phi) is 4.21. The van der Waals surface area contributed by atoms with Crippen LogP contribution in [0.25, 0.3) is 22.4 Å². The average molecular weight is 364 g/mol. The molecular weight excluding hydrogens is 348 g/mol. The number of aromatic nitrogens is 3. The van der Waals surface area contributed by atoms with Crippen LogP contribution >= 0.6 is 0 Å². The van der Waals surface area contributed by atoms with E-state index in [0.29, 0.717) is 34.7 Å². The van der Waals surface area contributed by atoms with E-state index >= 15 is 0 Å². The molecule has 0 aliphatic heterocycles. The highest BCUT2D eigenvalue weighted by molar-refractivity contribution is 5.79. The van der Waals surface area contributed by atoms with Gasteiger partial charge in [-0.15, -0.1) is 0 Å². The molecule has 0 fully saturated rings. The number of hydrogen-bond acceptors (Lipinski definition) is 7. The van der Waals surface area contributed by atoms with Gasteiger partial charge in [0.05, 0.1) is 11.2 Å². The minimum Gasteiger partial charge on any atom is -0.508 e. The minimum absolute atomic E-state index is 0.229. The van der Waals surface area contributed by atoms with Crippen molar-refractivity contribution < 1.29 is 14.6 Å². The molecule has 0 spiro atoms. The van der Waals surface area contributed by atoms with E-state index in [4.69, 9.17) is 4.42 Å². The monoisotopic (exact) mass is 364 g/mol. The van der Waals surface area contributed by atoms with Crippen LogP contribution in [0.5, 0.6) is 11.8 Å². The summed E-state index contributed by atoms with van der Waals surface area (Å²) in [5, 5.41) is 22.3. The van der Waals surface area contributed by atoms with Crippen LogP contribution in [0.1, 0.15) is 5.56 Å². The number of hydrogen-bond donors (Lipinski definition) is 4. The van der Waals surface area contributed by atoms with E-state index in [1.165, 1.54) is 0 Å². The van der Waals surface area contributed by atoms with Gasteiger partial charge >= 0.3 is 11.8 Å². The first-order chi connectivity index (χ1) is 13.1. The molecule has 4 rings (SSSR count). The molecule has 136 valence electrons. The second-order valence-corrected chi connectivity index (χ2v) is 6.01. The van der Waals surface area contributed by atoms with Crippen molar-refractivity contribution >= 4 is 16.9 Å². The molecule has 0 unspecified atom stereocenters. The molecule has 2 aromatic heterocycles. The van der Waals surface area contributed by atoms with E-state index < -0.39 is 5.76 Å². The molecule has 8 nitrogen and oxygen atoms in total. The summed E-state index contributed by atoms with van der Waals surface area (Å²) in [7, 11) is 0. The van der Waals surface area contributed by atoms with Crippen molar-refractivity contribution in [2.45, 2.75) is 6.42 Å². The minimum atomic E-state index is -0.524. The molecule has 8 heteroatoms. The molecule has 0 aliphatic carbocycles. The Morgan fingerprint density at radius 2 is 1.85 bits per heavy atom. The lowest BCUT2D eigenvalue weighted by atomic mass is 10.1. The van der Waals surface area contributed by atoms with Gasteiger partial charge in [-0.3, -0.25) is 4.98 Å². The second-order valence-electron chi connectivity index (χ2n) is 6.01. The fraction of sp³-hybridized carbons (Fsp3) is 0.105. The van der Waals surface area contributed by atoms with Crippen molar-refractivity contribution in [3.8, 4) is 23.0 Å². The van der Waals surface area contributed by atoms with Crippen LogP contribution in [-0.4, -0.2) is 31.7 Å². The Hall–Kier alpha value is -3.81. The molecule has 0 aliphatic rings. The largest absolute Gasteiger partial charge is 0.508 e. The number of aromatic amines is 1. The quantitative estimate of drug-likeness (QED) is 0.429. The highest BCUT2D eigenvalue weighted by atomic mass is 16.4. The van der Waals surface area contributed by atoms with Gasteiger partial charge in [0.25, 0.3) is 0 Å². The summed E-state index contributed by atoms with van der Waals surface area (Å²) in [6.45, 7) is 0.590. The van der Waals surface area contributed by atoms with Crippen LogP contribution in [0.4, 0.5) is 5.82 Å². The predicted octanol–water partition coefficient (Wildman–Crippen LogP) is 2.64. The van der Waals surface area contributed by atoms with Crippen molar-refractivity contribution in [2.24, 2.45) is 0 Å². The molecule has 2 aromatic carbocycles. The summed E-state index contributed by atoms with van der Waals surface area (Å²) >= 11 is 0. The standard InChI is InChI=1S/C19H16N4O4/c24-13-4-1-11(2-5-13)7-8-20-17-10-15(21-18(25)23-17)12-3-6-14-16(9-12)27-19(26)22-14/h1-6,9-10,24H,7-8H2,(H,22,26)(H2,20,21,23,25). The lowest BCUT2D eigenvalue weighted by Gasteiger charge is -2.08. The van der Waals surface area contributed by atoms with E-state index in [9.17, 15) is 15.0 Å². The molecule has 0 bridgehead atoms. The van der Waals surface area contributed by atoms with Crippen molar-refractivity contribution in [1.29, 1.82) is 0 Å². The van der Waals surface area contributed by atoms with Crippen molar-refractivity contribution in [3.05, 3.63) is 64.6 Å². The van der Waals surface area contributed by atoms with E-state index in [2.05, 4.69) is 20.3 Å². The zero-order valence-corrected chi connectivity index (χ0v) is 14.1. The molecule has 27 heavy (non-hydrogen) atoms. The second kappa shape index (κ2) is 6.83. The van der Waals surface area contributed by atoms with Gasteiger partial charge in [-0.1, -0.05) is 18.2 Å². The van der Waals surface area contributed by atoms with E-state index in [-0.39, 0.29) is 11.8 Å². The normalized spacial score (nSPS) is 11.0. The fourth-order valence-corrected chi connectivity index (χ4v) is 2.78. The van der Waals surface area contributed by atoms with E-state index in [0.717, 1.165) is 12.0 Å². The smallest absolute Gasteiger partial charge is 0.417 e. The highest BCUT2D eigenvalue weighted by Crippen LogP contribution is 2.25. The zero-order chi connectivity index (χ0) is 18.8. The summed E-state index contributed by atoms with van der Waals surface area (Å²) in [5.74, 6) is 0.184. The van der Waals surface area contributed by atoms with Crippen LogP contribution in [0.15, 0.2) is 57.7 Å². The Labute approximate surface area is 153 Å². The SMILES string of the molecule is O=c1[nH]c2ccc(-c3cc(NCCc4ccc(O)cc4)nc(O)n3)cc2o1. The molecule has 2 heterocycles. The molecule has 0 atom stereocenters. The number of anilines is 1. The summed E-state index contributed by atoms with van der Waals surface area (Å²) in [6, 6.07) is 13.5. The van der Waals surface area contributed by atoms with Crippen LogP contribution in [0, 0.1) is 0 Å². The third-order valence-corrected chi connectivity index (χ3v) is 4.09. The van der Waals surface area contributed by atoms with Crippen molar-refractivity contribution in [3.63, 3.8) is 0 Å². The number of aromatic hydroxyl groups is 2. The maximum Gasteiger partial charge on any atom is 0.417 e. The van der Waals surface area contributed by atoms with Gasteiger partial charge in [0.1, 0.15) is 11.6 Å². The number of nitrogens with zero attached hydrogens (tertiary/aromatic N) is 2. The van der Waals surface area contributed by atoms with Gasteiger partial charge in [-0.25, -0.2) is 4.79 Å². The zero-order valence-electron chi connectivity index (χ0n) is 14.1. The predicted molar refractivity (Wildman–Crippen MR) is 99.8 cm³/mol. The maximum atomic E-state index is 11.3. The van der Waals surface area contributed by atoms with Gasteiger partial charge in [0.2, 0.25) is 0 Å². The first kappa shape index (κ1) is 16.6. The molecule has 0 radical (unpaired) electrons. The van der Waals surface area contributed by atoms with Gasteiger partial charge in [-0.2, -0.15) is 9.97 Å². The van der Waals surface area contributed by atoms with E-state index in [1.807, 2.05) is 12.1 Å². The first-order valence-electron chi connectivity index (χ1n) is 8.30. The summed E-state index contributed by atoms with van der Waals surface area (Å²) in [5.41, 5.74) is 3.25. The number of benzene rings is 2. The van der Waals surface area contributed by atoms with Gasteiger partial charge < -0.3 is 19.9 Å². The third-order valence-electron chi connectivity index (χ3n) is 4.09. The van der Waals surface area contributed by atoms with Crippen LogP contribution < -0.4 is 11.1 Å². The van der Waals surface area contributed by atoms with E-state index in [1.54, 1.807) is 36.4 Å². The number of phenols is 1. The Morgan fingerprint density at radius 3 is 2.67 bits per heavy atom.